The zero-order chi connectivity index (χ0) is 22.7. The fourth-order valence-corrected chi connectivity index (χ4v) is 3.87. The molecule has 1 fully saturated rings. The number of hydrogen-bond acceptors (Lipinski definition) is 6. The van der Waals surface area contributed by atoms with Gasteiger partial charge in [0.15, 0.2) is 14.1 Å². The molecule has 4 unspecified atom stereocenters. The maximum absolute atomic E-state index is 10.6. The van der Waals surface area contributed by atoms with E-state index >= 15 is 0 Å². The van der Waals surface area contributed by atoms with Gasteiger partial charge >= 0.3 is 0 Å². The third-order valence-corrected chi connectivity index (χ3v) is 10.2. The van der Waals surface area contributed by atoms with Gasteiger partial charge in [0.1, 0.15) is 29.9 Å². The molecule has 0 aromatic carbocycles. The van der Waals surface area contributed by atoms with Crippen molar-refractivity contribution < 1.29 is 14.3 Å². The molecule has 2 rings (SSSR count). The number of alkyl halides is 1. The monoisotopic (exact) mass is 458 g/mol. The second kappa shape index (κ2) is 9.88. The van der Waals surface area contributed by atoms with Crippen molar-refractivity contribution in [3.05, 3.63) is 12.0 Å². The van der Waals surface area contributed by atoms with Crippen molar-refractivity contribution in [2.24, 2.45) is 15.7 Å². The van der Waals surface area contributed by atoms with Crippen LogP contribution in [0.5, 0.6) is 0 Å². The molecule has 2 heterocycles. The largest absolute Gasteiger partial charge is 0.414 e. The minimum Gasteiger partial charge on any atom is -0.414 e. The molecule has 170 valence electrons. The Morgan fingerprint density at radius 1 is 1.50 bits per heavy atom. The van der Waals surface area contributed by atoms with Gasteiger partial charge in [0.25, 0.3) is 0 Å². The Labute approximate surface area is 185 Å². The highest BCUT2D eigenvalue weighted by atomic mass is 35.5. The number of ether oxygens (including phenoxy) is 1. The summed E-state index contributed by atoms with van der Waals surface area (Å²) in [4.78, 5) is 14.6. The number of aromatic nitrogens is 2. The lowest BCUT2D eigenvalue weighted by molar-refractivity contribution is -0.0411. The first kappa shape index (κ1) is 25.0. The van der Waals surface area contributed by atoms with Crippen molar-refractivity contribution in [1.82, 2.24) is 14.5 Å². The van der Waals surface area contributed by atoms with Crippen molar-refractivity contribution in [1.29, 1.82) is 0 Å². The van der Waals surface area contributed by atoms with Crippen LogP contribution in [0.1, 0.15) is 44.6 Å². The van der Waals surface area contributed by atoms with Crippen molar-refractivity contribution in [3.63, 3.8) is 0 Å². The number of nitrogens with two attached hydrogens (primary N) is 1. The predicted molar refractivity (Wildman–Crippen MR) is 123 cm³/mol. The SMILES string of the molecule is CN(C)/C=N/C=N/c1c(C(N)Cl)ncn1C1CC(O)C(CO[Si](C)(C)C(C)(C)C)O1. The first-order valence-corrected chi connectivity index (χ1v) is 13.3. The Kier molecular flexibility index (Phi) is 8.22. The van der Waals surface area contributed by atoms with Gasteiger partial charge in [0.2, 0.25) is 0 Å². The van der Waals surface area contributed by atoms with Crippen molar-refractivity contribution in [3.8, 4) is 0 Å². The number of rotatable bonds is 8. The van der Waals surface area contributed by atoms with Crippen LogP contribution in [0.25, 0.3) is 0 Å². The second-order valence-electron chi connectivity index (χ2n) is 9.24. The minimum absolute atomic E-state index is 0.0840. The zero-order valence-electron chi connectivity index (χ0n) is 18.9. The summed E-state index contributed by atoms with van der Waals surface area (Å²) in [6, 6.07) is 0. The summed E-state index contributed by atoms with van der Waals surface area (Å²) >= 11 is 6.07. The van der Waals surface area contributed by atoms with Gasteiger partial charge in [-0.05, 0) is 18.1 Å². The average Bonchev–Trinajstić information content (AvgIpc) is 3.19. The van der Waals surface area contributed by atoms with E-state index in [1.165, 1.54) is 6.34 Å². The molecule has 0 saturated carbocycles. The molecular formula is C19H35ClN6O3Si. The van der Waals surface area contributed by atoms with E-state index in [1.807, 2.05) is 14.1 Å². The van der Waals surface area contributed by atoms with Gasteiger partial charge in [-0.3, -0.25) is 4.57 Å². The van der Waals surface area contributed by atoms with E-state index in [-0.39, 0.29) is 5.04 Å². The molecule has 0 aliphatic carbocycles. The number of imidazole rings is 1. The van der Waals surface area contributed by atoms with Crippen molar-refractivity contribution in [2.75, 3.05) is 20.7 Å². The molecule has 4 atom stereocenters. The summed E-state index contributed by atoms with van der Waals surface area (Å²) in [5.41, 5.74) is 5.44. The number of nitrogens with zero attached hydrogens (tertiary/aromatic N) is 5. The van der Waals surface area contributed by atoms with E-state index in [4.69, 9.17) is 26.5 Å². The van der Waals surface area contributed by atoms with Gasteiger partial charge < -0.3 is 24.9 Å². The Balaban J connectivity index is 2.16. The van der Waals surface area contributed by atoms with Gasteiger partial charge in [-0.1, -0.05) is 32.4 Å². The predicted octanol–water partition coefficient (Wildman–Crippen LogP) is 3.00. The van der Waals surface area contributed by atoms with Gasteiger partial charge in [0, 0.05) is 20.5 Å². The van der Waals surface area contributed by atoms with Crippen LogP contribution in [0.15, 0.2) is 16.3 Å². The van der Waals surface area contributed by atoms with Gasteiger partial charge in [-0.25, -0.2) is 15.0 Å². The van der Waals surface area contributed by atoms with E-state index in [9.17, 15) is 5.11 Å². The van der Waals surface area contributed by atoms with Gasteiger partial charge in [-0.2, -0.15) is 0 Å². The fourth-order valence-electron chi connectivity index (χ4n) is 2.70. The normalized spacial score (nSPS) is 24.3. The van der Waals surface area contributed by atoms with Crippen LogP contribution in [0.2, 0.25) is 18.1 Å². The molecule has 1 aliphatic rings. The Hall–Kier alpha value is -1.30. The number of halogens is 1. The Bertz CT molecular complexity index is 760. The van der Waals surface area contributed by atoms with E-state index < -0.39 is 32.3 Å². The first-order chi connectivity index (χ1) is 13.8. The Morgan fingerprint density at radius 2 is 2.17 bits per heavy atom. The molecule has 1 saturated heterocycles. The third kappa shape index (κ3) is 6.11. The summed E-state index contributed by atoms with van der Waals surface area (Å²) in [7, 11) is 1.78. The van der Waals surface area contributed by atoms with Crippen LogP contribution in [0.4, 0.5) is 5.82 Å². The molecule has 0 amide bonds. The van der Waals surface area contributed by atoms with Crippen LogP contribution >= 0.6 is 11.6 Å². The topological polar surface area (TPSA) is 110 Å². The maximum atomic E-state index is 10.6. The number of aliphatic hydroxyl groups is 1. The van der Waals surface area contributed by atoms with Crippen molar-refractivity contribution in [2.45, 2.75) is 69.3 Å². The molecule has 3 N–H and O–H groups in total. The third-order valence-electron chi connectivity index (χ3n) is 5.53. The summed E-state index contributed by atoms with van der Waals surface area (Å²) in [5.74, 6) is 0.455. The minimum atomic E-state index is -1.94. The molecule has 0 radical (unpaired) electrons. The van der Waals surface area contributed by atoms with Crippen LogP contribution < -0.4 is 5.73 Å². The number of hydrogen-bond donors (Lipinski definition) is 2. The van der Waals surface area contributed by atoms with Crippen LogP contribution in [-0.2, 0) is 9.16 Å². The number of aliphatic hydroxyl groups excluding tert-OH is 1. The maximum Gasteiger partial charge on any atom is 0.192 e. The van der Waals surface area contributed by atoms with Crippen LogP contribution in [0.3, 0.4) is 0 Å². The summed E-state index contributed by atoms with van der Waals surface area (Å²) < 4.78 is 14.1. The summed E-state index contributed by atoms with van der Waals surface area (Å²) in [5, 5.41) is 10.6. The van der Waals surface area contributed by atoms with Gasteiger partial charge in [0.05, 0.1) is 25.4 Å². The van der Waals surface area contributed by atoms with Crippen LogP contribution in [-0.4, -0.2) is 73.5 Å². The number of aliphatic imine (C=N–C) groups is 2. The molecule has 9 nitrogen and oxygen atoms in total. The molecule has 1 aromatic rings. The molecule has 11 heteroatoms. The highest BCUT2D eigenvalue weighted by Crippen LogP contribution is 2.39. The highest BCUT2D eigenvalue weighted by Gasteiger charge is 2.41. The molecule has 1 aromatic heterocycles. The van der Waals surface area contributed by atoms with E-state index in [2.05, 4.69) is 48.8 Å². The summed E-state index contributed by atoms with van der Waals surface area (Å²) in [6.45, 7) is 11.2. The lowest BCUT2D eigenvalue weighted by Gasteiger charge is -2.37. The second-order valence-corrected chi connectivity index (χ2v) is 14.5. The first-order valence-electron chi connectivity index (χ1n) is 9.99. The van der Waals surface area contributed by atoms with E-state index in [0.29, 0.717) is 24.5 Å². The quantitative estimate of drug-likeness (QED) is 0.204. The molecule has 30 heavy (non-hydrogen) atoms. The van der Waals surface area contributed by atoms with Gasteiger partial charge in [-0.15, -0.1) is 0 Å². The molecule has 1 aliphatic heterocycles. The fraction of sp³-hybridized carbons (Fsp3) is 0.737. The molecule has 0 spiro atoms. The zero-order valence-corrected chi connectivity index (χ0v) is 20.7. The average molecular weight is 459 g/mol. The lowest BCUT2D eigenvalue weighted by atomic mass is 10.2. The Morgan fingerprint density at radius 3 is 2.73 bits per heavy atom. The molecular weight excluding hydrogens is 424 g/mol. The van der Waals surface area contributed by atoms with E-state index in [0.717, 1.165) is 0 Å². The lowest BCUT2D eigenvalue weighted by Crippen LogP contribution is -2.43. The highest BCUT2D eigenvalue weighted by molar-refractivity contribution is 6.74. The summed E-state index contributed by atoms with van der Waals surface area (Å²) in [6.07, 6.45) is 3.46. The van der Waals surface area contributed by atoms with Crippen LogP contribution in [0, 0.1) is 0 Å². The van der Waals surface area contributed by atoms with E-state index in [1.54, 1.807) is 22.1 Å². The standard InChI is InChI=1S/C19H35ClN6O3Si/c1-19(2,3)30(6,7)28-9-14-13(27)8-15(29-14)26-12-24-16(17(20)21)18(26)23-10-22-11-25(4)5/h10-15,17,27H,8-9,21H2,1-7H3/b22-11+,23-10+. The smallest absolute Gasteiger partial charge is 0.192 e. The van der Waals surface area contributed by atoms with Crippen molar-refractivity contribution >= 4 is 38.4 Å². The molecule has 0 bridgehead atoms.